The first kappa shape index (κ1) is 15.3. The number of carbonyl (C=O) groups is 1. The van der Waals surface area contributed by atoms with Crippen LogP contribution in [0.4, 0.5) is 10.1 Å². The molecule has 2 rings (SSSR count). The van der Waals surface area contributed by atoms with Gasteiger partial charge in [-0.05, 0) is 48.4 Å². The smallest absolute Gasteiger partial charge is 0.247 e. The molecule has 3 N–H and O–H groups in total. The molecule has 0 saturated carbocycles. The lowest BCUT2D eigenvalue weighted by Gasteiger charge is -2.32. The van der Waals surface area contributed by atoms with Crippen molar-refractivity contribution < 1.29 is 9.18 Å². The number of amides is 1. The monoisotopic (exact) mass is 306 g/mol. The van der Waals surface area contributed by atoms with E-state index >= 15 is 0 Å². The molecule has 2 aromatic rings. The van der Waals surface area contributed by atoms with Crippen molar-refractivity contribution in [1.82, 2.24) is 0 Å². The molecule has 110 valence electrons. The van der Waals surface area contributed by atoms with E-state index in [0.29, 0.717) is 22.7 Å². The summed E-state index contributed by atoms with van der Waals surface area (Å²) >= 11 is 5.88. The summed E-state index contributed by atoms with van der Waals surface area (Å²) in [7, 11) is 0. The molecular formula is C16H16ClFN2O. The number of halogens is 2. The number of carbonyl (C=O) groups excluding carboxylic acids is 1. The summed E-state index contributed by atoms with van der Waals surface area (Å²) in [6.45, 7) is 1.86. The van der Waals surface area contributed by atoms with Gasteiger partial charge in [0, 0.05) is 10.7 Å². The molecule has 0 radical (unpaired) electrons. The van der Waals surface area contributed by atoms with Gasteiger partial charge in [0.15, 0.2) is 0 Å². The number of benzene rings is 2. The van der Waals surface area contributed by atoms with E-state index in [0.717, 1.165) is 0 Å². The molecule has 0 spiro atoms. The van der Waals surface area contributed by atoms with Crippen LogP contribution in [0.2, 0.25) is 5.02 Å². The van der Waals surface area contributed by atoms with E-state index < -0.39 is 11.4 Å². The van der Waals surface area contributed by atoms with Gasteiger partial charge in [-0.3, -0.25) is 4.79 Å². The lowest BCUT2D eigenvalue weighted by Crippen LogP contribution is -2.47. The minimum absolute atomic E-state index is 0.340. The molecule has 0 fully saturated rings. The van der Waals surface area contributed by atoms with Gasteiger partial charge in [-0.2, -0.15) is 0 Å². The zero-order valence-electron chi connectivity index (χ0n) is 11.6. The van der Waals surface area contributed by atoms with Crippen LogP contribution in [0, 0.1) is 5.82 Å². The molecule has 3 nitrogen and oxygen atoms in total. The molecule has 0 bridgehead atoms. The van der Waals surface area contributed by atoms with Crippen LogP contribution in [0.15, 0.2) is 48.5 Å². The van der Waals surface area contributed by atoms with Gasteiger partial charge in [0.05, 0.1) is 0 Å². The topological polar surface area (TPSA) is 55.1 Å². The average Bonchev–Trinajstić information content (AvgIpc) is 2.47. The Kier molecular flexibility index (Phi) is 4.48. The maximum Gasteiger partial charge on any atom is 0.247 e. The maximum absolute atomic E-state index is 13.0. The standard InChI is InChI=1S/C16H16ClFN2O/c1-2-16(15(19)21,11-3-5-12(17)6-4-11)20-14-9-7-13(18)8-10-14/h3-10,20H,2H2,1H3,(H2,19,21). The number of primary amides is 1. The van der Waals surface area contributed by atoms with Crippen LogP contribution in [0.3, 0.4) is 0 Å². The summed E-state index contributed by atoms with van der Waals surface area (Å²) in [6.07, 6.45) is 0.446. The Morgan fingerprint density at radius 1 is 1.19 bits per heavy atom. The van der Waals surface area contributed by atoms with Crippen LogP contribution in [-0.4, -0.2) is 5.91 Å². The first-order valence-corrected chi connectivity index (χ1v) is 6.95. The highest BCUT2D eigenvalue weighted by Crippen LogP contribution is 2.30. The number of anilines is 1. The average molecular weight is 307 g/mol. The summed E-state index contributed by atoms with van der Waals surface area (Å²) in [5.41, 5.74) is 5.89. The minimum atomic E-state index is -1.07. The zero-order valence-corrected chi connectivity index (χ0v) is 12.3. The summed E-state index contributed by atoms with van der Waals surface area (Å²) in [4.78, 5) is 12.1. The fourth-order valence-electron chi connectivity index (χ4n) is 2.26. The van der Waals surface area contributed by atoms with Crippen molar-refractivity contribution >= 4 is 23.2 Å². The van der Waals surface area contributed by atoms with Crippen LogP contribution in [-0.2, 0) is 10.3 Å². The van der Waals surface area contributed by atoms with Crippen LogP contribution in [0.25, 0.3) is 0 Å². The second-order valence-electron chi connectivity index (χ2n) is 4.76. The summed E-state index contributed by atoms with van der Waals surface area (Å²) in [5.74, 6) is -0.843. The Labute approximate surface area is 127 Å². The second kappa shape index (κ2) is 6.14. The molecule has 0 saturated heterocycles. The molecule has 0 aliphatic heterocycles. The molecule has 21 heavy (non-hydrogen) atoms. The fourth-order valence-corrected chi connectivity index (χ4v) is 2.38. The molecule has 2 aromatic carbocycles. The molecule has 0 aromatic heterocycles. The third-order valence-electron chi connectivity index (χ3n) is 3.49. The first-order valence-electron chi connectivity index (χ1n) is 6.57. The van der Waals surface area contributed by atoms with E-state index in [1.165, 1.54) is 12.1 Å². The summed E-state index contributed by atoms with van der Waals surface area (Å²) < 4.78 is 13.0. The Hall–Kier alpha value is -2.07. The van der Waals surface area contributed by atoms with Gasteiger partial charge < -0.3 is 11.1 Å². The van der Waals surface area contributed by atoms with Crippen molar-refractivity contribution in [2.24, 2.45) is 5.73 Å². The molecule has 0 aliphatic carbocycles. The zero-order chi connectivity index (χ0) is 15.5. The van der Waals surface area contributed by atoms with E-state index in [1.807, 2.05) is 6.92 Å². The molecule has 0 aliphatic rings. The van der Waals surface area contributed by atoms with Crippen molar-refractivity contribution in [2.45, 2.75) is 18.9 Å². The van der Waals surface area contributed by atoms with Crippen LogP contribution in [0.1, 0.15) is 18.9 Å². The molecule has 5 heteroatoms. The van der Waals surface area contributed by atoms with Gasteiger partial charge >= 0.3 is 0 Å². The largest absolute Gasteiger partial charge is 0.368 e. The highest BCUT2D eigenvalue weighted by Gasteiger charge is 2.36. The normalized spacial score (nSPS) is 13.5. The predicted molar refractivity (Wildman–Crippen MR) is 82.6 cm³/mol. The van der Waals surface area contributed by atoms with Crippen LogP contribution < -0.4 is 11.1 Å². The van der Waals surface area contributed by atoms with Gasteiger partial charge in [-0.15, -0.1) is 0 Å². The second-order valence-corrected chi connectivity index (χ2v) is 5.20. The van der Waals surface area contributed by atoms with Crippen molar-refractivity contribution in [3.05, 3.63) is 64.9 Å². The number of hydrogen-bond donors (Lipinski definition) is 2. The van der Waals surface area contributed by atoms with E-state index in [9.17, 15) is 9.18 Å². The molecule has 0 heterocycles. The Morgan fingerprint density at radius 2 is 1.76 bits per heavy atom. The van der Waals surface area contributed by atoms with Gasteiger partial charge in [0.2, 0.25) is 5.91 Å². The van der Waals surface area contributed by atoms with Crippen molar-refractivity contribution in [1.29, 1.82) is 0 Å². The van der Waals surface area contributed by atoms with Gasteiger partial charge in [-0.25, -0.2) is 4.39 Å². The lowest BCUT2D eigenvalue weighted by molar-refractivity contribution is -0.122. The number of nitrogens with two attached hydrogens (primary N) is 1. The Bertz CT molecular complexity index is 628. The van der Waals surface area contributed by atoms with Gasteiger partial charge in [0.25, 0.3) is 0 Å². The van der Waals surface area contributed by atoms with E-state index in [4.69, 9.17) is 17.3 Å². The molecule has 1 unspecified atom stereocenters. The van der Waals surface area contributed by atoms with Crippen LogP contribution in [0.5, 0.6) is 0 Å². The minimum Gasteiger partial charge on any atom is -0.368 e. The van der Waals surface area contributed by atoms with Gasteiger partial charge in [-0.1, -0.05) is 30.7 Å². The lowest BCUT2D eigenvalue weighted by atomic mass is 9.86. The summed E-state index contributed by atoms with van der Waals surface area (Å²) in [5, 5.41) is 3.70. The quantitative estimate of drug-likeness (QED) is 0.885. The molecule has 1 amide bonds. The third kappa shape index (κ3) is 3.16. The van der Waals surface area contributed by atoms with Crippen molar-refractivity contribution in [2.75, 3.05) is 5.32 Å². The van der Waals surface area contributed by atoms with E-state index in [2.05, 4.69) is 5.32 Å². The van der Waals surface area contributed by atoms with E-state index in [-0.39, 0.29) is 5.82 Å². The summed E-state index contributed by atoms with van der Waals surface area (Å²) in [6, 6.07) is 12.7. The first-order chi connectivity index (χ1) is 9.98. The highest BCUT2D eigenvalue weighted by atomic mass is 35.5. The van der Waals surface area contributed by atoms with Crippen LogP contribution >= 0.6 is 11.6 Å². The highest BCUT2D eigenvalue weighted by molar-refractivity contribution is 6.30. The van der Waals surface area contributed by atoms with Gasteiger partial charge in [0.1, 0.15) is 11.4 Å². The molecular weight excluding hydrogens is 291 g/mol. The number of nitrogens with one attached hydrogen (secondary N) is 1. The van der Waals surface area contributed by atoms with E-state index in [1.54, 1.807) is 36.4 Å². The Balaban J connectivity index is 2.44. The van der Waals surface area contributed by atoms with Crippen molar-refractivity contribution in [3.8, 4) is 0 Å². The SMILES string of the molecule is CCC(Nc1ccc(F)cc1)(C(N)=O)c1ccc(Cl)cc1. The number of rotatable bonds is 5. The van der Waals surface area contributed by atoms with Crippen molar-refractivity contribution in [3.63, 3.8) is 0 Å². The maximum atomic E-state index is 13.0. The Morgan fingerprint density at radius 3 is 2.24 bits per heavy atom. The molecule has 1 atom stereocenters. The third-order valence-corrected chi connectivity index (χ3v) is 3.74. The number of hydrogen-bond acceptors (Lipinski definition) is 2. The predicted octanol–water partition coefficient (Wildman–Crippen LogP) is 3.68. The fraction of sp³-hybridized carbons (Fsp3) is 0.188.